The van der Waals surface area contributed by atoms with Crippen molar-refractivity contribution in [1.82, 2.24) is 19.8 Å². The number of likely N-dealkylation sites (N-methyl/N-ethyl adjacent to an activating group) is 1. The van der Waals surface area contributed by atoms with Crippen molar-refractivity contribution in [3.05, 3.63) is 41.7 Å². The van der Waals surface area contributed by atoms with Crippen LogP contribution in [0, 0.1) is 0 Å². The molecular formula is C32H43N7O3. The van der Waals surface area contributed by atoms with E-state index in [4.69, 9.17) is 19.4 Å². The third kappa shape index (κ3) is 4.64. The Kier molecular flexibility index (Phi) is 7.12. The lowest BCUT2D eigenvalue weighted by Gasteiger charge is -2.49. The highest BCUT2D eigenvalue weighted by atomic mass is 16.5. The summed E-state index contributed by atoms with van der Waals surface area (Å²) in [6, 6.07) is 2.69. The molecule has 7 heterocycles. The second-order valence-electron chi connectivity index (χ2n) is 12.6. The van der Waals surface area contributed by atoms with E-state index in [1.54, 1.807) is 0 Å². The van der Waals surface area contributed by atoms with Crippen LogP contribution in [0.25, 0.3) is 0 Å². The molecule has 224 valence electrons. The van der Waals surface area contributed by atoms with E-state index in [9.17, 15) is 4.79 Å². The number of hydrogen-bond acceptors (Lipinski definition) is 9. The van der Waals surface area contributed by atoms with Crippen molar-refractivity contribution in [2.75, 3.05) is 74.7 Å². The summed E-state index contributed by atoms with van der Waals surface area (Å²) in [5.74, 6) is 2.40. The van der Waals surface area contributed by atoms with E-state index in [-0.39, 0.29) is 18.0 Å². The van der Waals surface area contributed by atoms with Crippen LogP contribution in [0.1, 0.15) is 43.0 Å². The van der Waals surface area contributed by atoms with E-state index in [0.29, 0.717) is 38.2 Å². The van der Waals surface area contributed by atoms with E-state index in [2.05, 4.69) is 53.3 Å². The van der Waals surface area contributed by atoms with Crippen molar-refractivity contribution < 1.29 is 14.3 Å². The molecule has 5 aliphatic rings. The summed E-state index contributed by atoms with van der Waals surface area (Å²) >= 11 is 0. The number of aryl methyl sites for hydroxylation is 1. The minimum atomic E-state index is -0.0197. The molecular weight excluding hydrogens is 530 g/mol. The standard InChI is InChI=1S/C32H43N7O3/c1-5-27(40)38-17-24-20-41-30-29(39(24)16-21(38)2)25-11-15-37(31-28-22(10-12-33-31)8-6-14-36(28)4)18-26(25)34-32(30)42-19-23-9-7-13-35(23)3/h5,10,12,21,23-24H,1,6-9,11,13-20H2,2-4H3/t21-,23+,24-/m1/s1. The summed E-state index contributed by atoms with van der Waals surface area (Å²) in [6.07, 6.45) is 8.82. The zero-order valence-electron chi connectivity index (χ0n) is 25.2. The van der Waals surface area contributed by atoms with Gasteiger partial charge in [0, 0.05) is 57.1 Å². The summed E-state index contributed by atoms with van der Waals surface area (Å²) in [7, 11) is 4.35. The fraction of sp³-hybridized carbons (Fsp3) is 0.594. The number of rotatable bonds is 5. The molecule has 2 aromatic heterocycles. The number of pyridine rings is 2. The van der Waals surface area contributed by atoms with Crippen LogP contribution in [-0.2, 0) is 24.2 Å². The molecule has 42 heavy (non-hydrogen) atoms. The van der Waals surface area contributed by atoms with Crippen LogP contribution in [0.4, 0.5) is 17.2 Å². The quantitative estimate of drug-likeness (QED) is 0.502. The average Bonchev–Trinajstić information content (AvgIpc) is 3.42. The third-order valence-corrected chi connectivity index (χ3v) is 9.95. The van der Waals surface area contributed by atoms with Crippen LogP contribution in [-0.4, -0.2) is 104 Å². The van der Waals surface area contributed by atoms with Crippen molar-refractivity contribution in [2.45, 2.75) is 63.7 Å². The summed E-state index contributed by atoms with van der Waals surface area (Å²) in [5, 5.41) is 0. The lowest BCUT2D eigenvalue weighted by atomic mass is 9.96. The number of piperazine rings is 1. The topological polar surface area (TPSA) is 77.5 Å². The van der Waals surface area contributed by atoms with Gasteiger partial charge in [-0.15, -0.1) is 0 Å². The Hall–Kier alpha value is -3.53. The summed E-state index contributed by atoms with van der Waals surface area (Å²) < 4.78 is 13.0. The van der Waals surface area contributed by atoms with Crippen LogP contribution < -0.4 is 24.2 Å². The highest BCUT2D eigenvalue weighted by Gasteiger charge is 2.42. The van der Waals surface area contributed by atoms with E-state index in [1.807, 2.05) is 11.1 Å². The number of aromatic nitrogens is 2. The van der Waals surface area contributed by atoms with Gasteiger partial charge in [-0.05, 0) is 70.3 Å². The van der Waals surface area contributed by atoms with Gasteiger partial charge in [-0.25, -0.2) is 9.97 Å². The molecule has 0 spiro atoms. The summed E-state index contributed by atoms with van der Waals surface area (Å²) in [4.78, 5) is 34.2. The lowest BCUT2D eigenvalue weighted by molar-refractivity contribution is -0.129. The molecule has 7 rings (SSSR count). The summed E-state index contributed by atoms with van der Waals surface area (Å²) in [5.41, 5.74) is 6.02. The van der Waals surface area contributed by atoms with Crippen LogP contribution in [0.3, 0.4) is 0 Å². The molecule has 10 heteroatoms. The molecule has 10 nitrogen and oxygen atoms in total. The maximum Gasteiger partial charge on any atom is 0.259 e. The molecule has 2 saturated heterocycles. The Labute approximate surface area is 248 Å². The average molecular weight is 574 g/mol. The zero-order chi connectivity index (χ0) is 29.0. The largest absolute Gasteiger partial charge is 0.484 e. The fourth-order valence-electron chi connectivity index (χ4n) is 7.60. The van der Waals surface area contributed by atoms with Gasteiger partial charge in [-0.2, -0.15) is 0 Å². The van der Waals surface area contributed by atoms with Gasteiger partial charge in [0.05, 0.1) is 29.7 Å². The number of nitrogens with zero attached hydrogens (tertiary/aromatic N) is 7. The van der Waals surface area contributed by atoms with Gasteiger partial charge < -0.3 is 34.0 Å². The van der Waals surface area contributed by atoms with Crippen molar-refractivity contribution in [3.63, 3.8) is 0 Å². The van der Waals surface area contributed by atoms with Crippen LogP contribution in [0.5, 0.6) is 11.6 Å². The Morgan fingerprint density at radius 1 is 1.17 bits per heavy atom. The van der Waals surface area contributed by atoms with Gasteiger partial charge in [-0.3, -0.25) is 4.79 Å². The molecule has 0 bridgehead atoms. The number of amides is 1. The predicted octanol–water partition coefficient (Wildman–Crippen LogP) is 2.88. The Balaban J connectivity index is 1.25. The number of ether oxygens (including phenoxy) is 2. The van der Waals surface area contributed by atoms with Gasteiger partial charge in [0.15, 0.2) is 5.82 Å². The Bertz CT molecular complexity index is 1380. The number of anilines is 3. The molecule has 0 aromatic carbocycles. The number of hydrogen-bond donors (Lipinski definition) is 0. The lowest BCUT2D eigenvalue weighted by Crippen LogP contribution is -2.62. The first-order chi connectivity index (χ1) is 20.4. The normalized spacial score (nSPS) is 25.3. The number of carbonyl (C=O) groups excluding carboxylic acids is 1. The molecule has 0 N–H and O–H groups in total. The predicted molar refractivity (Wildman–Crippen MR) is 164 cm³/mol. The maximum absolute atomic E-state index is 12.6. The molecule has 0 aliphatic carbocycles. The fourth-order valence-corrected chi connectivity index (χ4v) is 7.60. The van der Waals surface area contributed by atoms with Crippen molar-refractivity contribution >= 4 is 23.1 Å². The maximum atomic E-state index is 12.6. The van der Waals surface area contributed by atoms with Crippen molar-refractivity contribution in [1.29, 1.82) is 0 Å². The molecule has 0 saturated carbocycles. The van der Waals surface area contributed by atoms with E-state index in [1.165, 1.54) is 35.7 Å². The van der Waals surface area contributed by atoms with E-state index in [0.717, 1.165) is 68.4 Å². The van der Waals surface area contributed by atoms with Crippen molar-refractivity contribution in [3.8, 4) is 11.6 Å². The van der Waals surface area contributed by atoms with Gasteiger partial charge in [-0.1, -0.05) is 6.58 Å². The smallest absolute Gasteiger partial charge is 0.259 e. The number of fused-ring (bicyclic) bond motifs is 6. The highest BCUT2D eigenvalue weighted by Crippen LogP contribution is 2.47. The number of likely N-dealkylation sites (tertiary alicyclic amines) is 1. The van der Waals surface area contributed by atoms with Crippen molar-refractivity contribution in [2.24, 2.45) is 0 Å². The van der Waals surface area contributed by atoms with Crippen LogP contribution in [0.15, 0.2) is 24.9 Å². The third-order valence-electron chi connectivity index (χ3n) is 9.95. The van der Waals surface area contributed by atoms with E-state index < -0.39 is 0 Å². The molecule has 2 aromatic rings. The molecule has 0 radical (unpaired) electrons. The zero-order valence-corrected chi connectivity index (χ0v) is 25.2. The minimum absolute atomic E-state index is 0.0197. The second-order valence-corrected chi connectivity index (χ2v) is 12.6. The SMILES string of the molecule is C=CC(=O)N1C[C@@H]2COc3c(OC[C@@H]4CCCN4C)nc4c(c3N2C[C@H]1C)CCN(c1nccc2c1N(C)CCC2)C4. The molecule has 3 atom stereocenters. The van der Waals surface area contributed by atoms with Gasteiger partial charge in [0.25, 0.3) is 5.88 Å². The highest BCUT2D eigenvalue weighted by molar-refractivity contribution is 5.87. The first-order valence-corrected chi connectivity index (χ1v) is 15.6. The van der Waals surface area contributed by atoms with Gasteiger partial charge in [0.2, 0.25) is 11.7 Å². The number of carbonyl (C=O) groups is 1. The molecule has 0 unspecified atom stereocenters. The first kappa shape index (κ1) is 27.3. The molecule has 5 aliphatic heterocycles. The van der Waals surface area contributed by atoms with Gasteiger partial charge in [0.1, 0.15) is 13.2 Å². The Morgan fingerprint density at radius 2 is 2.05 bits per heavy atom. The Morgan fingerprint density at radius 3 is 2.86 bits per heavy atom. The van der Waals surface area contributed by atoms with E-state index >= 15 is 0 Å². The van der Waals surface area contributed by atoms with Crippen LogP contribution in [0.2, 0.25) is 0 Å². The molecule has 2 fully saturated rings. The first-order valence-electron chi connectivity index (χ1n) is 15.6. The minimum Gasteiger partial charge on any atom is -0.484 e. The monoisotopic (exact) mass is 573 g/mol. The van der Waals surface area contributed by atoms with Crippen LogP contribution >= 0.6 is 0 Å². The summed E-state index contributed by atoms with van der Waals surface area (Å²) in [6.45, 7) is 12.0. The molecule has 1 amide bonds. The van der Waals surface area contributed by atoms with Gasteiger partial charge >= 0.3 is 0 Å². The second kappa shape index (κ2) is 10.9.